The van der Waals surface area contributed by atoms with Crippen molar-refractivity contribution in [1.82, 2.24) is 20.4 Å². The van der Waals surface area contributed by atoms with Crippen molar-refractivity contribution < 1.29 is 19.1 Å². The zero-order valence-corrected chi connectivity index (χ0v) is 17.9. The second-order valence-corrected chi connectivity index (χ2v) is 7.56. The van der Waals surface area contributed by atoms with Crippen LogP contribution in [0.5, 0.6) is 11.5 Å². The minimum Gasteiger partial charge on any atom is -0.493 e. The summed E-state index contributed by atoms with van der Waals surface area (Å²) in [7, 11) is 3.07. The van der Waals surface area contributed by atoms with Crippen LogP contribution in [0.15, 0.2) is 47.3 Å². The van der Waals surface area contributed by atoms with Gasteiger partial charge in [0, 0.05) is 30.1 Å². The molecule has 2 heterocycles. The third-order valence-electron chi connectivity index (χ3n) is 5.66. The fraction of sp³-hybridized carbons (Fsp3) is 0.304. The number of nitrogens with zero attached hydrogens (tertiary/aromatic N) is 2. The summed E-state index contributed by atoms with van der Waals surface area (Å²) in [6.45, 7) is 1.02. The standard InChI is InChI=1S/C23H24N4O5/c1-31-18-8-7-14(13-19(18)32-2)23(30)27-11-9-15(10-12-27)24-22(29)20-16-5-3-4-6-17(16)21(28)26-25-20/h3-8,13,15H,9-12H2,1-2H3,(H,24,29)(H,26,28). The number of fused-ring (bicyclic) bond motifs is 1. The number of likely N-dealkylation sites (tertiary alicyclic amines) is 1. The van der Waals surface area contributed by atoms with E-state index in [0.717, 1.165) is 0 Å². The molecular weight excluding hydrogens is 412 g/mol. The molecule has 32 heavy (non-hydrogen) atoms. The van der Waals surface area contributed by atoms with Crippen molar-refractivity contribution in [2.75, 3.05) is 27.3 Å². The molecule has 0 radical (unpaired) electrons. The fourth-order valence-electron chi connectivity index (χ4n) is 3.92. The first-order valence-corrected chi connectivity index (χ1v) is 10.3. The largest absolute Gasteiger partial charge is 0.493 e. The Labute approximate surface area is 184 Å². The highest BCUT2D eigenvalue weighted by molar-refractivity contribution is 6.04. The number of aromatic nitrogens is 2. The van der Waals surface area contributed by atoms with Crippen LogP contribution >= 0.6 is 0 Å². The van der Waals surface area contributed by atoms with Crippen LogP contribution in [0.3, 0.4) is 0 Å². The van der Waals surface area contributed by atoms with Gasteiger partial charge in [0.25, 0.3) is 17.4 Å². The molecule has 0 unspecified atom stereocenters. The lowest BCUT2D eigenvalue weighted by molar-refractivity contribution is 0.0697. The van der Waals surface area contributed by atoms with E-state index in [1.165, 1.54) is 7.11 Å². The lowest BCUT2D eigenvalue weighted by atomic mass is 10.0. The monoisotopic (exact) mass is 436 g/mol. The van der Waals surface area contributed by atoms with Crippen molar-refractivity contribution in [3.63, 3.8) is 0 Å². The molecule has 9 nitrogen and oxygen atoms in total. The van der Waals surface area contributed by atoms with E-state index < -0.39 is 0 Å². The summed E-state index contributed by atoms with van der Waals surface area (Å²) in [5, 5.41) is 10.2. The van der Waals surface area contributed by atoms with Gasteiger partial charge in [-0.25, -0.2) is 5.10 Å². The first-order valence-electron chi connectivity index (χ1n) is 10.3. The lowest BCUT2D eigenvalue weighted by Crippen LogP contribution is -2.46. The van der Waals surface area contributed by atoms with Crippen molar-refractivity contribution in [2.45, 2.75) is 18.9 Å². The Morgan fingerprint density at radius 2 is 1.72 bits per heavy atom. The quantitative estimate of drug-likeness (QED) is 0.632. The molecule has 0 aliphatic carbocycles. The van der Waals surface area contributed by atoms with Gasteiger partial charge in [-0.15, -0.1) is 0 Å². The smallest absolute Gasteiger partial charge is 0.272 e. The third kappa shape index (κ3) is 4.14. The van der Waals surface area contributed by atoms with Gasteiger partial charge in [0.1, 0.15) is 0 Å². The summed E-state index contributed by atoms with van der Waals surface area (Å²) in [5.74, 6) is 0.626. The molecule has 1 saturated heterocycles. The summed E-state index contributed by atoms with van der Waals surface area (Å²) in [4.78, 5) is 39.4. The predicted octanol–water partition coefficient (Wildman–Crippen LogP) is 1.97. The van der Waals surface area contributed by atoms with Gasteiger partial charge < -0.3 is 19.7 Å². The van der Waals surface area contributed by atoms with Crippen LogP contribution in [-0.4, -0.2) is 60.3 Å². The summed E-state index contributed by atoms with van der Waals surface area (Å²) in [5.41, 5.74) is 0.372. The van der Waals surface area contributed by atoms with Gasteiger partial charge in [0.15, 0.2) is 17.2 Å². The molecule has 2 N–H and O–H groups in total. The van der Waals surface area contributed by atoms with Crippen LogP contribution in [-0.2, 0) is 0 Å². The maximum absolute atomic E-state index is 12.9. The van der Waals surface area contributed by atoms with E-state index in [2.05, 4.69) is 15.5 Å². The average molecular weight is 436 g/mol. The Balaban J connectivity index is 1.40. The van der Waals surface area contributed by atoms with Gasteiger partial charge in [-0.1, -0.05) is 18.2 Å². The van der Waals surface area contributed by atoms with Crippen LogP contribution in [0.2, 0.25) is 0 Å². The Hall–Kier alpha value is -3.88. The van der Waals surface area contributed by atoms with Gasteiger partial charge in [-0.05, 0) is 37.1 Å². The molecule has 0 bridgehead atoms. The zero-order chi connectivity index (χ0) is 22.7. The number of piperidine rings is 1. The summed E-state index contributed by atoms with van der Waals surface area (Å²) in [6, 6.07) is 11.9. The number of carbonyl (C=O) groups is 2. The highest BCUT2D eigenvalue weighted by Gasteiger charge is 2.26. The molecule has 4 rings (SSSR count). The summed E-state index contributed by atoms with van der Waals surface area (Å²) < 4.78 is 10.5. The average Bonchev–Trinajstić information content (AvgIpc) is 2.84. The first-order chi connectivity index (χ1) is 15.5. The van der Waals surface area contributed by atoms with Crippen LogP contribution in [0.4, 0.5) is 0 Å². The van der Waals surface area contributed by atoms with Gasteiger partial charge in [-0.3, -0.25) is 14.4 Å². The number of hydrogen-bond donors (Lipinski definition) is 2. The zero-order valence-electron chi connectivity index (χ0n) is 17.9. The van der Waals surface area contributed by atoms with E-state index in [0.29, 0.717) is 53.8 Å². The minimum atomic E-state index is -0.345. The number of rotatable bonds is 5. The van der Waals surface area contributed by atoms with Crippen LogP contribution in [0.1, 0.15) is 33.7 Å². The van der Waals surface area contributed by atoms with E-state index in [1.54, 1.807) is 54.5 Å². The van der Waals surface area contributed by atoms with E-state index in [9.17, 15) is 14.4 Å². The predicted molar refractivity (Wildman–Crippen MR) is 118 cm³/mol. The van der Waals surface area contributed by atoms with Gasteiger partial charge >= 0.3 is 0 Å². The molecule has 1 aliphatic heterocycles. The molecule has 0 saturated carbocycles. The van der Waals surface area contributed by atoms with Crippen LogP contribution in [0, 0.1) is 0 Å². The van der Waals surface area contributed by atoms with Crippen molar-refractivity contribution in [3.8, 4) is 11.5 Å². The van der Waals surface area contributed by atoms with Gasteiger partial charge in [0.05, 0.1) is 19.6 Å². The molecule has 9 heteroatoms. The molecule has 166 valence electrons. The Morgan fingerprint density at radius 3 is 2.41 bits per heavy atom. The van der Waals surface area contributed by atoms with E-state index in [4.69, 9.17) is 9.47 Å². The molecule has 1 fully saturated rings. The maximum Gasteiger partial charge on any atom is 0.272 e. The molecule has 0 spiro atoms. The van der Waals surface area contributed by atoms with Crippen molar-refractivity contribution >= 4 is 22.6 Å². The topological polar surface area (TPSA) is 114 Å². The summed E-state index contributed by atoms with van der Waals surface area (Å²) >= 11 is 0. The van der Waals surface area contributed by atoms with Gasteiger partial charge in [0.2, 0.25) is 0 Å². The number of methoxy groups -OCH3 is 2. The minimum absolute atomic E-state index is 0.0931. The molecule has 2 amide bonds. The number of amides is 2. The van der Waals surface area contributed by atoms with E-state index in [-0.39, 0.29) is 29.1 Å². The second kappa shape index (κ2) is 9.09. The van der Waals surface area contributed by atoms with Crippen molar-refractivity contribution in [2.24, 2.45) is 0 Å². The number of aromatic amines is 1. The normalized spacial score (nSPS) is 14.2. The maximum atomic E-state index is 12.9. The molecule has 1 aromatic heterocycles. The van der Waals surface area contributed by atoms with Crippen LogP contribution in [0.25, 0.3) is 10.8 Å². The molecule has 3 aromatic rings. The van der Waals surface area contributed by atoms with E-state index >= 15 is 0 Å². The molecule has 1 aliphatic rings. The van der Waals surface area contributed by atoms with Crippen molar-refractivity contribution in [3.05, 3.63) is 64.1 Å². The Bertz CT molecular complexity index is 1210. The number of ether oxygens (including phenoxy) is 2. The Morgan fingerprint density at radius 1 is 1.03 bits per heavy atom. The van der Waals surface area contributed by atoms with Gasteiger partial charge in [-0.2, -0.15) is 5.10 Å². The van der Waals surface area contributed by atoms with Crippen molar-refractivity contribution in [1.29, 1.82) is 0 Å². The molecular formula is C23H24N4O5. The second-order valence-electron chi connectivity index (χ2n) is 7.56. The fourth-order valence-corrected chi connectivity index (χ4v) is 3.92. The number of nitrogens with one attached hydrogen (secondary N) is 2. The molecule has 0 atom stereocenters. The molecule has 2 aromatic carbocycles. The third-order valence-corrected chi connectivity index (χ3v) is 5.66. The van der Waals surface area contributed by atoms with Crippen LogP contribution < -0.4 is 20.3 Å². The lowest BCUT2D eigenvalue weighted by Gasteiger charge is -2.32. The number of H-pyrrole nitrogens is 1. The highest BCUT2D eigenvalue weighted by Crippen LogP contribution is 2.28. The number of benzene rings is 2. The van der Waals surface area contributed by atoms with E-state index in [1.807, 2.05) is 0 Å². The number of carbonyl (C=O) groups excluding carboxylic acids is 2. The SMILES string of the molecule is COc1ccc(C(=O)N2CCC(NC(=O)c3n[nH]c(=O)c4ccccc34)CC2)cc1OC. The Kier molecular flexibility index (Phi) is 6.07. The first kappa shape index (κ1) is 21.4. The summed E-state index contributed by atoms with van der Waals surface area (Å²) in [6.07, 6.45) is 1.23. The highest BCUT2D eigenvalue weighted by atomic mass is 16.5. The number of hydrogen-bond acceptors (Lipinski definition) is 6.